The van der Waals surface area contributed by atoms with Crippen molar-refractivity contribution < 1.29 is 26.4 Å². The van der Waals surface area contributed by atoms with Crippen LogP contribution in [0.1, 0.15) is 5.56 Å². The maximum absolute atomic E-state index is 13.6. The van der Waals surface area contributed by atoms with Gasteiger partial charge in [0.2, 0.25) is 5.91 Å². The van der Waals surface area contributed by atoms with Crippen molar-refractivity contribution in [2.24, 2.45) is 0 Å². The monoisotopic (exact) mass is 633 g/mol. The number of carbonyl (C=O) groups excluding carboxylic acids is 1. The van der Waals surface area contributed by atoms with Crippen LogP contribution >= 0.6 is 23.2 Å². The molecule has 0 aliphatic rings. The van der Waals surface area contributed by atoms with Crippen molar-refractivity contribution in [2.45, 2.75) is 16.7 Å². The van der Waals surface area contributed by atoms with Crippen LogP contribution in [-0.4, -0.2) is 36.4 Å². The van der Waals surface area contributed by atoms with Crippen molar-refractivity contribution in [3.63, 3.8) is 0 Å². The molecule has 4 rings (SSSR count). The van der Waals surface area contributed by atoms with Crippen LogP contribution in [0.4, 0.5) is 17.1 Å². The highest BCUT2D eigenvalue weighted by molar-refractivity contribution is 7.93. The second-order valence-electron chi connectivity index (χ2n) is 8.80. The highest BCUT2D eigenvalue weighted by Crippen LogP contribution is 2.31. The smallest absolute Gasteiger partial charge is 0.264 e. The summed E-state index contributed by atoms with van der Waals surface area (Å²) in [7, 11) is -6.64. The second kappa shape index (κ2) is 12.4. The van der Waals surface area contributed by atoms with E-state index in [1.165, 1.54) is 67.8 Å². The van der Waals surface area contributed by atoms with Crippen molar-refractivity contribution in [1.82, 2.24) is 0 Å². The zero-order chi connectivity index (χ0) is 29.8. The van der Waals surface area contributed by atoms with Gasteiger partial charge in [-0.3, -0.25) is 13.8 Å². The maximum atomic E-state index is 13.6. The molecule has 9 nitrogen and oxygen atoms in total. The van der Waals surface area contributed by atoms with Gasteiger partial charge in [0.15, 0.2) is 0 Å². The van der Waals surface area contributed by atoms with Gasteiger partial charge in [0, 0.05) is 5.69 Å². The molecule has 13 heteroatoms. The first-order valence-corrected chi connectivity index (χ1v) is 15.7. The van der Waals surface area contributed by atoms with E-state index in [2.05, 4.69) is 10.0 Å². The summed E-state index contributed by atoms with van der Waals surface area (Å²) in [6, 6.07) is 22.5. The number of amides is 1. The second-order valence-corrected chi connectivity index (χ2v) is 13.1. The van der Waals surface area contributed by atoms with Crippen molar-refractivity contribution in [3.8, 4) is 5.75 Å². The number of sulfonamides is 2. The van der Waals surface area contributed by atoms with Gasteiger partial charge >= 0.3 is 0 Å². The Morgan fingerprint density at radius 2 is 1.44 bits per heavy atom. The molecular formula is C28H25Cl2N3O6S2. The topological polar surface area (TPSA) is 122 Å². The van der Waals surface area contributed by atoms with Crippen LogP contribution in [-0.2, 0) is 24.8 Å². The number of carbonyl (C=O) groups is 1. The number of nitrogens with zero attached hydrogens (tertiary/aromatic N) is 1. The van der Waals surface area contributed by atoms with Crippen LogP contribution in [0.2, 0.25) is 10.0 Å². The van der Waals surface area contributed by atoms with Crippen molar-refractivity contribution in [1.29, 1.82) is 0 Å². The normalized spacial score (nSPS) is 11.5. The maximum Gasteiger partial charge on any atom is 0.264 e. The van der Waals surface area contributed by atoms with Gasteiger partial charge in [-0.1, -0.05) is 47.0 Å². The number of aryl methyl sites for hydroxylation is 1. The molecule has 4 aromatic rings. The molecule has 0 aromatic heterocycles. The van der Waals surface area contributed by atoms with Crippen molar-refractivity contribution in [3.05, 3.63) is 107 Å². The third-order valence-corrected chi connectivity index (χ3v) is 9.89. The molecule has 41 heavy (non-hydrogen) atoms. The Balaban J connectivity index is 1.54. The molecule has 0 saturated carbocycles. The molecule has 1 amide bonds. The molecule has 0 saturated heterocycles. The third kappa shape index (κ3) is 7.12. The fraction of sp³-hybridized carbons (Fsp3) is 0.107. The van der Waals surface area contributed by atoms with Crippen LogP contribution in [0.15, 0.2) is 101 Å². The molecule has 0 aliphatic carbocycles. The molecular weight excluding hydrogens is 609 g/mol. The summed E-state index contributed by atoms with van der Waals surface area (Å²) in [4.78, 5) is 13.0. The third-order valence-electron chi connectivity index (χ3n) is 5.90. The van der Waals surface area contributed by atoms with E-state index >= 15 is 0 Å². The predicted molar refractivity (Wildman–Crippen MR) is 161 cm³/mol. The zero-order valence-corrected chi connectivity index (χ0v) is 25.0. The van der Waals surface area contributed by atoms with Crippen LogP contribution in [0, 0.1) is 6.92 Å². The first-order chi connectivity index (χ1) is 19.4. The first-order valence-electron chi connectivity index (χ1n) is 12.0. The van der Waals surface area contributed by atoms with E-state index in [9.17, 15) is 21.6 Å². The summed E-state index contributed by atoms with van der Waals surface area (Å²) >= 11 is 12.1. The van der Waals surface area contributed by atoms with Gasteiger partial charge in [-0.25, -0.2) is 16.8 Å². The average molecular weight is 635 g/mol. The number of rotatable bonds is 10. The number of methoxy groups -OCH3 is 1. The van der Waals surface area contributed by atoms with Crippen LogP contribution < -0.4 is 19.1 Å². The molecule has 0 aliphatic heterocycles. The number of hydrogen-bond donors (Lipinski definition) is 2. The minimum absolute atomic E-state index is 0.0218. The lowest BCUT2D eigenvalue weighted by Gasteiger charge is -2.24. The van der Waals surface area contributed by atoms with Gasteiger partial charge in [0.25, 0.3) is 20.0 Å². The highest BCUT2D eigenvalue weighted by Gasteiger charge is 2.27. The van der Waals surface area contributed by atoms with E-state index in [0.717, 1.165) is 9.87 Å². The number of benzene rings is 4. The molecule has 2 N–H and O–H groups in total. The summed E-state index contributed by atoms with van der Waals surface area (Å²) in [5.41, 5.74) is 1.52. The zero-order valence-electron chi connectivity index (χ0n) is 21.8. The van der Waals surface area contributed by atoms with Crippen LogP contribution in [0.3, 0.4) is 0 Å². The lowest BCUT2D eigenvalue weighted by molar-refractivity contribution is -0.114. The highest BCUT2D eigenvalue weighted by atomic mass is 35.5. The molecule has 4 aromatic carbocycles. The van der Waals surface area contributed by atoms with Crippen LogP contribution in [0.5, 0.6) is 5.75 Å². The lowest BCUT2D eigenvalue weighted by atomic mass is 10.2. The summed E-state index contributed by atoms with van der Waals surface area (Å²) in [5.74, 6) is -0.121. The van der Waals surface area contributed by atoms with Crippen molar-refractivity contribution in [2.75, 3.05) is 28.0 Å². The number of nitrogens with one attached hydrogen (secondary N) is 2. The fourth-order valence-electron chi connectivity index (χ4n) is 3.74. The Morgan fingerprint density at radius 3 is 2.05 bits per heavy atom. The number of anilines is 3. The Hall–Kier alpha value is -3.77. The number of halogens is 2. The molecule has 0 radical (unpaired) electrons. The Kier molecular flexibility index (Phi) is 9.13. The molecule has 214 valence electrons. The summed E-state index contributed by atoms with van der Waals surface area (Å²) in [5, 5.41) is 2.87. The lowest BCUT2D eigenvalue weighted by Crippen LogP contribution is -2.38. The quantitative estimate of drug-likeness (QED) is 0.223. The summed E-state index contributed by atoms with van der Waals surface area (Å²) < 4.78 is 61.3. The fourth-order valence-corrected chi connectivity index (χ4v) is 6.63. The SMILES string of the molecule is COc1ccc(N(CC(=O)Nc2ccc(S(=O)(=O)Nc3cccc(Cl)c3Cl)cc2)S(=O)(=O)c2ccc(C)cc2)cc1. The van der Waals surface area contributed by atoms with E-state index in [1.807, 2.05) is 6.92 Å². The number of ether oxygens (including phenoxy) is 1. The minimum Gasteiger partial charge on any atom is -0.497 e. The Labute approximate surface area is 248 Å². The van der Waals surface area contributed by atoms with E-state index in [0.29, 0.717) is 5.75 Å². The molecule has 0 atom stereocenters. The van der Waals surface area contributed by atoms with Crippen LogP contribution in [0.25, 0.3) is 0 Å². The van der Waals surface area contributed by atoms with Crippen molar-refractivity contribution >= 4 is 66.2 Å². The van der Waals surface area contributed by atoms with Gasteiger partial charge in [0.05, 0.1) is 38.3 Å². The molecule has 0 spiro atoms. The van der Waals surface area contributed by atoms with E-state index in [1.54, 1.807) is 30.3 Å². The van der Waals surface area contributed by atoms with E-state index in [4.69, 9.17) is 27.9 Å². The predicted octanol–water partition coefficient (Wildman–Crippen LogP) is 5.95. The standard InChI is InChI=1S/C28H25Cl2N3O6S2/c1-19-6-14-24(15-7-19)41(37,38)33(21-10-12-22(39-2)13-11-21)18-27(34)31-20-8-16-23(17-9-20)40(35,36)32-26-5-3-4-25(29)28(26)30/h3-17,32H,18H2,1-2H3,(H,31,34). The van der Waals surface area contributed by atoms with E-state index < -0.39 is 32.5 Å². The molecule has 0 bridgehead atoms. The molecule has 0 unspecified atom stereocenters. The summed E-state index contributed by atoms with van der Waals surface area (Å²) in [6.07, 6.45) is 0. The van der Waals surface area contributed by atoms with E-state index in [-0.39, 0.29) is 36.9 Å². The average Bonchev–Trinajstić information content (AvgIpc) is 2.95. The minimum atomic E-state index is -4.12. The van der Waals surface area contributed by atoms with Gasteiger partial charge in [-0.15, -0.1) is 0 Å². The first kappa shape index (κ1) is 30.2. The van der Waals surface area contributed by atoms with Gasteiger partial charge in [0.1, 0.15) is 12.3 Å². The van der Waals surface area contributed by atoms with Gasteiger partial charge < -0.3 is 10.1 Å². The molecule has 0 fully saturated rings. The van der Waals surface area contributed by atoms with Gasteiger partial charge in [-0.2, -0.15) is 0 Å². The Bertz CT molecular complexity index is 1760. The summed E-state index contributed by atoms with van der Waals surface area (Å²) in [6.45, 7) is 1.29. The number of hydrogen-bond acceptors (Lipinski definition) is 6. The molecule has 0 heterocycles. The Morgan fingerprint density at radius 1 is 0.829 bits per heavy atom. The van der Waals surface area contributed by atoms with Gasteiger partial charge in [-0.05, 0) is 79.7 Å². The largest absolute Gasteiger partial charge is 0.497 e.